The quantitative estimate of drug-likeness (QED) is 0.812. The Morgan fingerprint density at radius 2 is 1.63 bits per heavy atom. The van der Waals surface area contributed by atoms with Gasteiger partial charge in [0.25, 0.3) is 0 Å². The Hall–Kier alpha value is -2.11. The molecule has 0 bridgehead atoms. The second-order valence-corrected chi connectivity index (χ2v) is 3.79. The van der Waals surface area contributed by atoms with Gasteiger partial charge in [-0.1, -0.05) is 56.3 Å². The van der Waals surface area contributed by atoms with Crippen LogP contribution in [0.1, 0.15) is 25.0 Å². The van der Waals surface area contributed by atoms with Crippen LogP contribution in [-0.2, 0) is 11.3 Å². The minimum atomic E-state index is 0.611. The van der Waals surface area contributed by atoms with E-state index in [0.29, 0.717) is 12.2 Å². The second-order valence-electron chi connectivity index (χ2n) is 3.79. The first-order chi connectivity index (χ1) is 9.35. The van der Waals surface area contributed by atoms with Gasteiger partial charge >= 0.3 is 0 Å². The van der Waals surface area contributed by atoms with Crippen molar-refractivity contribution in [1.29, 1.82) is 5.26 Å². The summed E-state index contributed by atoms with van der Waals surface area (Å²) in [6, 6.07) is 17.9. The zero-order chi connectivity index (χ0) is 14.1. The molecule has 0 saturated heterocycles. The van der Waals surface area contributed by atoms with Crippen LogP contribution in [0, 0.1) is 11.3 Å². The number of hydrogen-bond acceptors (Lipinski definition) is 2. The fourth-order valence-electron chi connectivity index (χ4n) is 1.78. The third kappa shape index (κ3) is 3.94. The molecular weight excluding hydrogens is 234 g/mol. The van der Waals surface area contributed by atoms with E-state index >= 15 is 0 Å². The van der Waals surface area contributed by atoms with E-state index in [1.165, 1.54) is 0 Å². The number of nitrogens with zero attached hydrogens (tertiary/aromatic N) is 1. The summed E-state index contributed by atoms with van der Waals surface area (Å²) in [5.74, 6) is 0. The van der Waals surface area contributed by atoms with Crippen molar-refractivity contribution in [1.82, 2.24) is 0 Å². The Labute approximate surface area is 115 Å². The highest BCUT2D eigenvalue weighted by Gasteiger charge is 2.03. The number of ether oxygens (including phenoxy) is 1. The maximum Gasteiger partial charge on any atom is 0.0998 e. The van der Waals surface area contributed by atoms with Crippen molar-refractivity contribution in [3.8, 4) is 17.2 Å². The molecule has 0 N–H and O–H groups in total. The third-order valence-corrected chi connectivity index (χ3v) is 2.62. The molecule has 2 nitrogen and oxygen atoms in total. The van der Waals surface area contributed by atoms with Gasteiger partial charge in [-0.3, -0.25) is 0 Å². The van der Waals surface area contributed by atoms with Crippen LogP contribution in [0.3, 0.4) is 0 Å². The van der Waals surface area contributed by atoms with Gasteiger partial charge < -0.3 is 4.74 Å². The minimum absolute atomic E-state index is 0.611. The molecule has 0 aliphatic carbocycles. The van der Waals surface area contributed by atoms with E-state index in [1.54, 1.807) is 7.11 Å². The van der Waals surface area contributed by atoms with Crippen LogP contribution in [-0.4, -0.2) is 7.11 Å². The van der Waals surface area contributed by atoms with Gasteiger partial charge in [0.05, 0.1) is 18.2 Å². The van der Waals surface area contributed by atoms with Crippen molar-refractivity contribution >= 4 is 0 Å². The van der Waals surface area contributed by atoms with Crippen LogP contribution >= 0.6 is 0 Å². The first kappa shape index (κ1) is 14.9. The molecule has 0 amide bonds. The summed E-state index contributed by atoms with van der Waals surface area (Å²) in [4.78, 5) is 0. The fraction of sp³-hybridized carbons (Fsp3) is 0.235. The van der Waals surface area contributed by atoms with Gasteiger partial charge in [0, 0.05) is 7.11 Å². The number of nitriles is 1. The van der Waals surface area contributed by atoms with E-state index in [1.807, 2.05) is 62.4 Å². The normalized spacial score (nSPS) is 9.16. The summed E-state index contributed by atoms with van der Waals surface area (Å²) in [6.45, 7) is 4.61. The molecule has 19 heavy (non-hydrogen) atoms. The zero-order valence-corrected chi connectivity index (χ0v) is 11.7. The average Bonchev–Trinajstić information content (AvgIpc) is 2.50. The van der Waals surface area contributed by atoms with Crippen molar-refractivity contribution in [3.63, 3.8) is 0 Å². The molecular formula is C17H19NO. The Kier molecular flexibility index (Phi) is 6.35. The summed E-state index contributed by atoms with van der Waals surface area (Å²) in [5, 5.41) is 9.05. The van der Waals surface area contributed by atoms with E-state index in [4.69, 9.17) is 10.00 Å². The SMILES string of the molecule is CC.COCc1ccc(-c2ccccc2C#N)cc1. The second kappa shape index (κ2) is 8.07. The summed E-state index contributed by atoms with van der Waals surface area (Å²) < 4.78 is 5.07. The predicted molar refractivity (Wildman–Crippen MR) is 78.7 cm³/mol. The van der Waals surface area contributed by atoms with Crippen molar-refractivity contribution in [3.05, 3.63) is 59.7 Å². The Balaban J connectivity index is 0.000000861. The fourth-order valence-corrected chi connectivity index (χ4v) is 1.78. The Bertz CT molecular complexity index is 538. The number of hydrogen-bond donors (Lipinski definition) is 0. The van der Waals surface area contributed by atoms with Crippen molar-refractivity contribution in [2.75, 3.05) is 7.11 Å². The van der Waals surface area contributed by atoms with Crippen LogP contribution in [0.2, 0.25) is 0 Å². The standard InChI is InChI=1S/C15H13NO.C2H6/c1-17-11-12-6-8-13(9-7-12)15-5-3-2-4-14(15)10-16;1-2/h2-9H,11H2,1H3;1-2H3. The van der Waals surface area contributed by atoms with E-state index in [2.05, 4.69) is 6.07 Å². The summed E-state index contributed by atoms with van der Waals surface area (Å²) in [5.41, 5.74) is 3.86. The number of methoxy groups -OCH3 is 1. The first-order valence-corrected chi connectivity index (χ1v) is 6.42. The summed E-state index contributed by atoms with van der Waals surface area (Å²) >= 11 is 0. The van der Waals surface area contributed by atoms with Gasteiger partial charge in [-0.2, -0.15) is 5.26 Å². The topological polar surface area (TPSA) is 33.0 Å². The highest BCUT2D eigenvalue weighted by atomic mass is 16.5. The molecule has 0 heterocycles. The highest BCUT2D eigenvalue weighted by Crippen LogP contribution is 2.23. The van der Waals surface area contributed by atoms with E-state index in [-0.39, 0.29) is 0 Å². The smallest absolute Gasteiger partial charge is 0.0998 e. The number of rotatable bonds is 3. The van der Waals surface area contributed by atoms with E-state index in [9.17, 15) is 0 Å². The lowest BCUT2D eigenvalue weighted by Gasteiger charge is -2.05. The maximum absolute atomic E-state index is 9.05. The zero-order valence-electron chi connectivity index (χ0n) is 11.7. The average molecular weight is 253 g/mol. The first-order valence-electron chi connectivity index (χ1n) is 6.42. The van der Waals surface area contributed by atoms with Crippen LogP contribution in [0.4, 0.5) is 0 Å². The van der Waals surface area contributed by atoms with Gasteiger partial charge in [-0.05, 0) is 22.8 Å². The van der Waals surface area contributed by atoms with Crippen molar-refractivity contribution < 1.29 is 4.74 Å². The van der Waals surface area contributed by atoms with E-state index < -0.39 is 0 Å². The highest BCUT2D eigenvalue weighted by molar-refractivity contribution is 5.70. The molecule has 0 aliphatic rings. The molecule has 2 aromatic rings. The van der Waals surface area contributed by atoms with Gasteiger partial charge in [-0.15, -0.1) is 0 Å². The Morgan fingerprint density at radius 3 is 2.21 bits per heavy atom. The largest absolute Gasteiger partial charge is 0.380 e. The third-order valence-electron chi connectivity index (χ3n) is 2.62. The lowest BCUT2D eigenvalue weighted by atomic mass is 9.99. The lowest BCUT2D eigenvalue weighted by molar-refractivity contribution is 0.185. The molecule has 2 rings (SSSR count). The van der Waals surface area contributed by atoms with E-state index in [0.717, 1.165) is 16.7 Å². The van der Waals surface area contributed by atoms with Crippen molar-refractivity contribution in [2.24, 2.45) is 0 Å². The molecule has 2 aromatic carbocycles. The van der Waals surface area contributed by atoms with Gasteiger partial charge in [0.2, 0.25) is 0 Å². The van der Waals surface area contributed by atoms with Gasteiger partial charge in [0.1, 0.15) is 0 Å². The molecule has 0 atom stereocenters. The lowest BCUT2D eigenvalue weighted by Crippen LogP contribution is -1.88. The Morgan fingerprint density at radius 1 is 1.00 bits per heavy atom. The minimum Gasteiger partial charge on any atom is -0.380 e. The molecule has 0 radical (unpaired) electrons. The predicted octanol–water partition coefficient (Wildman–Crippen LogP) is 4.40. The summed E-state index contributed by atoms with van der Waals surface area (Å²) in [7, 11) is 1.68. The monoisotopic (exact) mass is 253 g/mol. The molecule has 98 valence electrons. The molecule has 0 unspecified atom stereocenters. The van der Waals surface area contributed by atoms with Crippen LogP contribution < -0.4 is 0 Å². The number of benzene rings is 2. The molecule has 0 aromatic heterocycles. The molecule has 2 heteroatoms. The van der Waals surface area contributed by atoms with Crippen LogP contribution in [0.25, 0.3) is 11.1 Å². The molecule has 0 spiro atoms. The van der Waals surface area contributed by atoms with Gasteiger partial charge in [0.15, 0.2) is 0 Å². The molecule has 0 aliphatic heterocycles. The molecule has 0 saturated carbocycles. The maximum atomic E-state index is 9.05. The van der Waals surface area contributed by atoms with Crippen molar-refractivity contribution in [2.45, 2.75) is 20.5 Å². The van der Waals surface area contributed by atoms with Crippen LogP contribution in [0.15, 0.2) is 48.5 Å². The van der Waals surface area contributed by atoms with Gasteiger partial charge in [-0.25, -0.2) is 0 Å². The summed E-state index contributed by atoms with van der Waals surface area (Å²) in [6.07, 6.45) is 0. The molecule has 0 fully saturated rings. The van der Waals surface area contributed by atoms with Crippen LogP contribution in [0.5, 0.6) is 0 Å².